The highest BCUT2D eigenvalue weighted by atomic mass is 16.2. The molecule has 0 spiro atoms. The summed E-state index contributed by atoms with van der Waals surface area (Å²) >= 11 is 0. The van der Waals surface area contributed by atoms with E-state index in [-0.39, 0.29) is 5.91 Å². The van der Waals surface area contributed by atoms with Gasteiger partial charge in [-0.3, -0.25) is 4.79 Å². The Morgan fingerprint density at radius 3 is 3.27 bits per heavy atom. The number of hydrogen-bond donors (Lipinski definition) is 2. The Labute approximate surface area is 63.5 Å². The molecule has 0 fully saturated rings. The van der Waals surface area contributed by atoms with Crippen LogP contribution < -0.4 is 5.43 Å². The summed E-state index contributed by atoms with van der Waals surface area (Å²) in [6, 6.07) is 0. The van der Waals surface area contributed by atoms with Crippen LogP contribution in [0.3, 0.4) is 0 Å². The Morgan fingerprint density at radius 1 is 1.91 bits per heavy atom. The van der Waals surface area contributed by atoms with Crippen LogP contribution in [-0.2, 0) is 4.79 Å². The molecule has 0 bridgehead atoms. The molecule has 1 aromatic rings. The number of carbonyl (C=O) groups is 1. The van der Waals surface area contributed by atoms with Crippen molar-refractivity contribution >= 4 is 12.1 Å². The van der Waals surface area contributed by atoms with Crippen molar-refractivity contribution in [2.75, 3.05) is 0 Å². The van der Waals surface area contributed by atoms with E-state index in [1.54, 1.807) is 12.4 Å². The van der Waals surface area contributed by atoms with Gasteiger partial charge < -0.3 is 4.98 Å². The highest BCUT2D eigenvalue weighted by Gasteiger charge is 1.86. The predicted octanol–water partition coefficient (Wildman–Crippen LogP) is -0.120. The van der Waals surface area contributed by atoms with E-state index in [0.29, 0.717) is 5.82 Å². The predicted molar refractivity (Wildman–Crippen MR) is 40.0 cm³/mol. The summed E-state index contributed by atoms with van der Waals surface area (Å²) in [5, 5.41) is 3.60. The Bertz CT molecular complexity index is 252. The van der Waals surface area contributed by atoms with Gasteiger partial charge in [-0.1, -0.05) is 0 Å². The van der Waals surface area contributed by atoms with Crippen molar-refractivity contribution in [3.63, 3.8) is 0 Å². The summed E-state index contributed by atoms with van der Waals surface area (Å²) in [5.74, 6) is 0.409. The standard InChI is InChI=1S/C6H8N4O/c1-5(11)10-9-4-6-7-2-3-8-6/h2-4H,1H3,(H,7,8)(H,10,11)/b9-4+. The van der Waals surface area contributed by atoms with E-state index in [0.717, 1.165) is 0 Å². The number of hydrogen-bond acceptors (Lipinski definition) is 3. The minimum atomic E-state index is -0.201. The molecule has 0 saturated carbocycles. The summed E-state index contributed by atoms with van der Waals surface area (Å²) in [5.41, 5.74) is 2.25. The first-order valence-electron chi connectivity index (χ1n) is 3.08. The number of aromatic nitrogens is 2. The average Bonchev–Trinajstić information content (AvgIpc) is 2.39. The quantitative estimate of drug-likeness (QED) is 0.458. The van der Waals surface area contributed by atoms with E-state index in [1.165, 1.54) is 13.1 Å². The maximum absolute atomic E-state index is 10.3. The van der Waals surface area contributed by atoms with Gasteiger partial charge in [0.2, 0.25) is 5.91 Å². The second-order valence-corrected chi connectivity index (χ2v) is 1.90. The number of imidazole rings is 1. The van der Waals surface area contributed by atoms with Crippen molar-refractivity contribution in [1.82, 2.24) is 15.4 Å². The molecule has 0 aliphatic heterocycles. The van der Waals surface area contributed by atoms with Crippen molar-refractivity contribution in [3.8, 4) is 0 Å². The summed E-state index contributed by atoms with van der Waals surface area (Å²) in [4.78, 5) is 17.0. The van der Waals surface area contributed by atoms with E-state index in [2.05, 4.69) is 20.5 Å². The molecule has 5 heteroatoms. The molecular formula is C6H8N4O. The third-order valence-electron chi connectivity index (χ3n) is 0.928. The van der Waals surface area contributed by atoms with Crippen molar-refractivity contribution in [2.45, 2.75) is 6.92 Å². The maximum atomic E-state index is 10.3. The number of rotatable bonds is 2. The van der Waals surface area contributed by atoms with Gasteiger partial charge in [-0.2, -0.15) is 5.10 Å². The Hall–Kier alpha value is -1.65. The average molecular weight is 152 g/mol. The number of amides is 1. The fourth-order valence-electron chi connectivity index (χ4n) is 0.532. The molecule has 0 aliphatic rings. The SMILES string of the molecule is CC(=O)N/N=C/c1ncc[nH]1. The van der Waals surface area contributed by atoms with Gasteiger partial charge in [0.15, 0.2) is 0 Å². The number of nitrogens with one attached hydrogen (secondary N) is 2. The minimum absolute atomic E-state index is 0.201. The van der Waals surface area contributed by atoms with Crippen LogP contribution in [-0.4, -0.2) is 22.1 Å². The van der Waals surface area contributed by atoms with Gasteiger partial charge in [-0.25, -0.2) is 10.4 Å². The molecule has 11 heavy (non-hydrogen) atoms. The largest absolute Gasteiger partial charge is 0.344 e. The molecule has 1 heterocycles. The second-order valence-electron chi connectivity index (χ2n) is 1.90. The topological polar surface area (TPSA) is 70.1 Å². The van der Waals surface area contributed by atoms with E-state index < -0.39 is 0 Å². The first-order chi connectivity index (χ1) is 5.29. The number of hydrazone groups is 1. The third-order valence-corrected chi connectivity index (χ3v) is 0.928. The number of aromatic amines is 1. The molecule has 0 unspecified atom stereocenters. The molecule has 58 valence electrons. The lowest BCUT2D eigenvalue weighted by molar-refractivity contribution is -0.118. The second kappa shape index (κ2) is 3.50. The molecule has 0 radical (unpaired) electrons. The van der Waals surface area contributed by atoms with Crippen molar-refractivity contribution in [3.05, 3.63) is 18.2 Å². The molecule has 0 aromatic carbocycles. The van der Waals surface area contributed by atoms with Gasteiger partial charge in [-0.05, 0) is 0 Å². The lowest BCUT2D eigenvalue weighted by atomic mass is 10.7. The van der Waals surface area contributed by atoms with Crippen LogP contribution in [0.25, 0.3) is 0 Å². The Kier molecular flexibility index (Phi) is 2.37. The first kappa shape index (κ1) is 7.46. The lowest BCUT2D eigenvalue weighted by Gasteiger charge is -1.87. The summed E-state index contributed by atoms with van der Waals surface area (Å²) in [6.45, 7) is 1.39. The van der Waals surface area contributed by atoms with Crippen LogP contribution in [0.5, 0.6) is 0 Å². The van der Waals surface area contributed by atoms with Gasteiger partial charge >= 0.3 is 0 Å². The fourth-order valence-corrected chi connectivity index (χ4v) is 0.532. The third kappa shape index (κ3) is 2.61. The zero-order valence-electron chi connectivity index (χ0n) is 6.03. The zero-order valence-corrected chi connectivity index (χ0v) is 6.03. The molecule has 0 saturated heterocycles. The molecule has 1 amide bonds. The van der Waals surface area contributed by atoms with Crippen LogP contribution in [0.2, 0.25) is 0 Å². The van der Waals surface area contributed by atoms with Crippen molar-refractivity contribution in [1.29, 1.82) is 0 Å². The van der Waals surface area contributed by atoms with Crippen LogP contribution in [0.1, 0.15) is 12.7 Å². The van der Waals surface area contributed by atoms with Crippen LogP contribution in [0.4, 0.5) is 0 Å². The van der Waals surface area contributed by atoms with Crippen LogP contribution in [0, 0.1) is 0 Å². The Balaban J connectivity index is 2.43. The molecular weight excluding hydrogens is 144 g/mol. The monoisotopic (exact) mass is 152 g/mol. The molecule has 1 aromatic heterocycles. The van der Waals surface area contributed by atoms with Crippen LogP contribution >= 0.6 is 0 Å². The van der Waals surface area contributed by atoms with Gasteiger partial charge in [0.05, 0.1) is 6.21 Å². The fraction of sp³-hybridized carbons (Fsp3) is 0.167. The van der Waals surface area contributed by atoms with Gasteiger partial charge in [0.25, 0.3) is 0 Å². The van der Waals surface area contributed by atoms with Gasteiger partial charge in [-0.15, -0.1) is 0 Å². The zero-order chi connectivity index (χ0) is 8.10. The van der Waals surface area contributed by atoms with Gasteiger partial charge in [0.1, 0.15) is 5.82 Å². The minimum Gasteiger partial charge on any atom is -0.344 e. The molecule has 5 nitrogen and oxygen atoms in total. The van der Waals surface area contributed by atoms with Gasteiger partial charge in [0, 0.05) is 19.3 Å². The molecule has 0 atom stereocenters. The van der Waals surface area contributed by atoms with E-state index in [9.17, 15) is 4.79 Å². The highest BCUT2D eigenvalue weighted by molar-refractivity contribution is 5.78. The lowest BCUT2D eigenvalue weighted by Crippen LogP contribution is -2.12. The molecule has 2 N–H and O–H groups in total. The van der Waals surface area contributed by atoms with Crippen molar-refractivity contribution < 1.29 is 4.79 Å². The number of H-pyrrole nitrogens is 1. The highest BCUT2D eigenvalue weighted by Crippen LogP contribution is 1.80. The van der Waals surface area contributed by atoms with Crippen molar-refractivity contribution in [2.24, 2.45) is 5.10 Å². The van der Waals surface area contributed by atoms with E-state index >= 15 is 0 Å². The van der Waals surface area contributed by atoms with Crippen LogP contribution in [0.15, 0.2) is 17.5 Å². The summed E-state index contributed by atoms with van der Waals surface area (Å²) in [6.07, 6.45) is 4.71. The summed E-state index contributed by atoms with van der Waals surface area (Å²) < 4.78 is 0. The number of carbonyl (C=O) groups excluding carboxylic acids is 1. The number of nitrogens with zero attached hydrogens (tertiary/aromatic N) is 2. The smallest absolute Gasteiger partial charge is 0.236 e. The summed E-state index contributed by atoms with van der Waals surface area (Å²) in [7, 11) is 0. The first-order valence-corrected chi connectivity index (χ1v) is 3.08. The maximum Gasteiger partial charge on any atom is 0.236 e. The molecule has 0 aliphatic carbocycles. The van der Waals surface area contributed by atoms with E-state index in [4.69, 9.17) is 0 Å². The Morgan fingerprint density at radius 2 is 2.73 bits per heavy atom. The van der Waals surface area contributed by atoms with E-state index in [1.807, 2.05) is 0 Å². The normalized spacial score (nSPS) is 10.3. The molecule has 1 rings (SSSR count).